The minimum Gasteiger partial charge on any atom is -0.482 e. The van der Waals surface area contributed by atoms with Gasteiger partial charge in [0.15, 0.2) is 17.7 Å². The molecule has 36 heavy (non-hydrogen) atoms. The number of esters is 1. The maximum Gasteiger partial charge on any atom is 0.358 e. The number of aliphatic hydroxyl groups is 1. The normalized spacial score (nSPS) is 11.6. The molecule has 0 saturated heterocycles. The molecule has 0 aliphatic carbocycles. The molecule has 0 saturated carbocycles. The Kier molecular flexibility index (Phi) is 8.87. The summed E-state index contributed by atoms with van der Waals surface area (Å²) in [5.41, 5.74) is -1.04. The number of benzene rings is 2. The van der Waals surface area contributed by atoms with Gasteiger partial charge in [-0.3, -0.25) is 9.59 Å². The van der Waals surface area contributed by atoms with Gasteiger partial charge in [0.1, 0.15) is 23.8 Å². The summed E-state index contributed by atoms with van der Waals surface area (Å²) < 4.78 is 43.5. The van der Waals surface area contributed by atoms with E-state index in [1.807, 2.05) is 0 Å². The van der Waals surface area contributed by atoms with Crippen LogP contribution in [0.2, 0.25) is 0 Å². The van der Waals surface area contributed by atoms with E-state index in [0.29, 0.717) is 11.6 Å². The lowest BCUT2D eigenvalue weighted by Gasteiger charge is -2.20. The number of carbonyl (C=O) groups excluding carboxylic acids is 2. The number of amides is 1. The van der Waals surface area contributed by atoms with Gasteiger partial charge >= 0.3 is 5.97 Å². The summed E-state index contributed by atoms with van der Waals surface area (Å²) in [5.74, 6) is -3.98. The van der Waals surface area contributed by atoms with Crippen molar-refractivity contribution in [3.63, 3.8) is 0 Å². The second-order valence-electron chi connectivity index (χ2n) is 7.58. The van der Waals surface area contributed by atoms with Gasteiger partial charge < -0.3 is 29.2 Å². The summed E-state index contributed by atoms with van der Waals surface area (Å²) >= 11 is 0. The number of methoxy groups -OCH3 is 2. The van der Waals surface area contributed by atoms with Gasteiger partial charge in [0, 0.05) is 31.5 Å². The zero-order valence-corrected chi connectivity index (χ0v) is 19.5. The van der Waals surface area contributed by atoms with Crippen LogP contribution in [0.1, 0.15) is 32.0 Å². The van der Waals surface area contributed by atoms with Crippen molar-refractivity contribution in [3.8, 4) is 5.75 Å². The van der Waals surface area contributed by atoms with Crippen LogP contribution in [0.25, 0.3) is 0 Å². The summed E-state index contributed by atoms with van der Waals surface area (Å²) in [4.78, 5) is 38.8. The van der Waals surface area contributed by atoms with E-state index in [4.69, 9.17) is 14.2 Å². The minimum absolute atomic E-state index is 0.00777. The Balaban J connectivity index is 2.03. The molecule has 2 N–H and O–H groups in total. The van der Waals surface area contributed by atoms with E-state index in [1.165, 1.54) is 7.11 Å². The number of halogens is 2. The molecule has 1 atom stereocenters. The van der Waals surface area contributed by atoms with E-state index < -0.39 is 46.5 Å². The van der Waals surface area contributed by atoms with Crippen LogP contribution in [0.5, 0.6) is 5.75 Å². The number of hydrogen-bond donors (Lipinski definition) is 2. The maximum atomic E-state index is 14.0. The minimum atomic E-state index is -1.40. The summed E-state index contributed by atoms with van der Waals surface area (Å²) in [6.45, 7) is -0.807. The van der Waals surface area contributed by atoms with Gasteiger partial charge in [-0.15, -0.1) is 0 Å². The third kappa shape index (κ3) is 6.32. The molecule has 2 aromatic carbocycles. The fraction of sp³-hybridized carbons (Fsp3) is 0.240. The first-order valence-electron chi connectivity index (χ1n) is 10.7. The molecule has 0 spiro atoms. The van der Waals surface area contributed by atoms with E-state index in [1.54, 1.807) is 30.3 Å². The molecule has 1 aromatic heterocycles. The van der Waals surface area contributed by atoms with Crippen molar-refractivity contribution in [1.29, 1.82) is 0 Å². The largest absolute Gasteiger partial charge is 0.482 e. The number of nitrogens with zero attached hydrogens (tertiary/aromatic N) is 1. The van der Waals surface area contributed by atoms with Crippen LogP contribution in [-0.4, -0.2) is 42.1 Å². The fourth-order valence-corrected chi connectivity index (χ4v) is 3.29. The molecule has 0 bridgehead atoms. The SMILES string of the molecule is COC(=O)c1c(OCc2ccccc2)c(=O)c(C(=O)NCc2ccc(F)cc2F)cn1CC(O)OC. The molecule has 3 aromatic rings. The third-order valence-corrected chi connectivity index (χ3v) is 5.17. The van der Waals surface area contributed by atoms with Crippen molar-refractivity contribution in [2.24, 2.45) is 0 Å². The van der Waals surface area contributed by atoms with Crippen molar-refractivity contribution in [2.45, 2.75) is 26.0 Å². The molecular weight excluding hydrogens is 478 g/mol. The Labute approximate surface area is 204 Å². The van der Waals surface area contributed by atoms with Gasteiger partial charge in [0.25, 0.3) is 5.91 Å². The van der Waals surface area contributed by atoms with Crippen molar-refractivity contribution in [1.82, 2.24) is 9.88 Å². The quantitative estimate of drug-likeness (QED) is 0.323. The standard InChI is InChI=1S/C25H24F2N2O7/c1-34-20(30)13-29-12-18(24(32)28-11-16-8-9-17(26)10-19(16)27)22(31)23(21(29)25(33)35-2)36-14-15-6-4-3-5-7-15/h3-10,12,20,30H,11,13-14H2,1-2H3,(H,28,32). The highest BCUT2D eigenvalue weighted by Gasteiger charge is 2.27. The molecule has 11 heteroatoms. The Morgan fingerprint density at radius 1 is 1.11 bits per heavy atom. The van der Waals surface area contributed by atoms with Gasteiger partial charge in [-0.05, 0) is 11.6 Å². The monoisotopic (exact) mass is 502 g/mol. The van der Waals surface area contributed by atoms with Crippen molar-refractivity contribution in [2.75, 3.05) is 14.2 Å². The fourth-order valence-electron chi connectivity index (χ4n) is 3.29. The Morgan fingerprint density at radius 3 is 2.47 bits per heavy atom. The van der Waals surface area contributed by atoms with Crippen LogP contribution in [-0.2, 0) is 29.2 Å². The lowest BCUT2D eigenvalue weighted by molar-refractivity contribution is -0.0839. The second-order valence-corrected chi connectivity index (χ2v) is 7.58. The Morgan fingerprint density at radius 2 is 1.83 bits per heavy atom. The number of pyridine rings is 1. The number of aromatic nitrogens is 1. The molecular formula is C25H24F2N2O7. The summed E-state index contributed by atoms with van der Waals surface area (Å²) in [6.07, 6.45) is -0.357. The molecule has 9 nitrogen and oxygen atoms in total. The van der Waals surface area contributed by atoms with E-state index in [2.05, 4.69) is 5.32 Å². The molecule has 0 radical (unpaired) electrons. The van der Waals surface area contributed by atoms with Crippen molar-refractivity contribution in [3.05, 3.63) is 99.0 Å². The topological polar surface area (TPSA) is 116 Å². The van der Waals surface area contributed by atoms with E-state index >= 15 is 0 Å². The first-order chi connectivity index (χ1) is 17.2. The predicted molar refractivity (Wildman–Crippen MR) is 123 cm³/mol. The first kappa shape index (κ1) is 26.5. The van der Waals surface area contributed by atoms with Crippen molar-refractivity contribution < 1.29 is 37.7 Å². The van der Waals surface area contributed by atoms with Crippen LogP contribution in [0.15, 0.2) is 59.5 Å². The highest BCUT2D eigenvalue weighted by molar-refractivity contribution is 5.96. The molecule has 1 amide bonds. The summed E-state index contributed by atoms with van der Waals surface area (Å²) in [5, 5.41) is 12.4. The van der Waals surface area contributed by atoms with Gasteiger partial charge in [0.05, 0.1) is 13.7 Å². The van der Waals surface area contributed by atoms with E-state index in [9.17, 15) is 28.3 Å². The zero-order valence-electron chi connectivity index (χ0n) is 19.5. The smallest absolute Gasteiger partial charge is 0.358 e. The molecule has 3 rings (SSSR count). The summed E-state index contributed by atoms with van der Waals surface area (Å²) in [7, 11) is 2.32. The van der Waals surface area contributed by atoms with Crippen LogP contribution in [0.3, 0.4) is 0 Å². The molecule has 1 unspecified atom stereocenters. The number of rotatable bonds is 10. The maximum absolute atomic E-state index is 14.0. The average Bonchev–Trinajstić information content (AvgIpc) is 2.87. The lowest BCUT2D eigenvalue weighted by atomic mass is 10.1. The van der Waals surface area contributed by atoms with Crippen LogP contribution in [0.4, 0.5) is 8.78 Å². The highest BCUT2D eigenvalue weighted by Crippen LogP contribution is 2.20. The molecule has 0 fully saturated rings. The van der Waals surface area contributed by atoms with Gasteiger partial charge in [-0.1, -0.05) is 36.4 Å². The van der Waals surface area contributed by atoms with Crippen molar-refractivity contribution >= 4 is 11.9 Å². The average molecular weight is 502 g/mol. The van der Waals surface area contributed by atoms with Crippen LogP contribution < -0.4 is 15.5 Å². The van der Waals surface area contributed by atoms with Crippen LogP contribution >= 0.6 is 0 Å². The predicted octanol–water partition coefficient (Wildman–Crippen LogP) is 2.39. The molecule has 0 aliphatic heterocycles. The number of hydrogen-bond acceptors (Lipinski definition) is 7. The number of ether oxygens (including phenoxy) is 3. The van der Waals surface area contributed by atoms with E-state index in [-0.39, 0.29) is 31.0 Å². The van der Waals surface area contributed by atoms with Gasteiger partial charge in [-0.25, -0.2) is 13.6 Å². The number of carbonyl (C=O) groups is 2. The molecule has 1 heterocycles. The Hall–Kier alpha value is -4.09. The third-order valence-electron chi connectivity index (χ3n) is 5.17. The van der Waals surface area contributed by atoms with E-state index in [0.717, 1.165) is 30.0 Å². The van der Waals surface area contributed by atoms with Crippen LogP contribution in [0, 0.1) is 11.6 Å². The highest BCUT2D eigenvalue weighted by atomic mass is 19.1. The lowest BCUT2D eigenvalue weighted by Crippen LogP contribution is -2.33. The Bertz CT molecular complexity index is 1300. The number of aliphatic hydroxyl groups excluding tert-OH is 1. The number of nitrogens with one attached hydrogen (secondary N) is 1. The molecule has 0 aliphatic rings. The van der Waals surface area contributed by atoms with Gasteiger partial charge in [-0.2, -0.15) is 0 Å². The first-order valence-corrected chi connectivity index (χ1v) is 10.7. The summed E-state index contributed by atoms with van der Waals surface area (Å²) in [6, 6.07) is 11.6. The zero-order chi connectivity index (χ0) is 26.2. The molecule has 190 valence electrons. The second kappa shape index (κ2) is 12.0. The van der Waals surface area contributed by atoms with Gasteiger partial charge in [0.2, 0.25) is 5.43 Å².